The average Bonchev–Trinajstić information content (AvgIpc) is 2.22. The molecule has 1 N–H and O–H groups in total. The van der Waals surface area contributed by atoms with E-state index in [1.54, 1.807) is 6.26 Å². The molecule has 1 aliphatic carbocycles. The predicted molar refractivity (Wildman–Crippen MR) is 72.0 cm³/mol. The van der Waals surface area contributed by atoms with Gasteiger partial charge in [-0.25, -0.2) is 0 Å². The summed E-state index contributed by atoms with van der Waals surface area (Å²) >= 11 is 0. The zero-order chi connectivity index (χ0) is 12.1. The van der Waals surface area contributed by atoms with E-state index in [0.29, 0.717) is 5.92 Å². The Morgan fingerprint density at radius 2 is 2.31 bits per heavy atom. The molecule has 94 valence electrons. The van der Waals surface area contributed by atoms with Crippen LogP contribution in [0.4, 0.5) is 0 Å². The molecular formula is C13H25NOS. The van der Waals surface area contributed by atoms with Crippen LogP contribution >= 0.6 is 0 Å². The van der Waals surface area contributed by atoms with Gasteiger partial charge in [0, 0.05) is 35.4 Å². The average molecular weight is 243 g/mol. The Morgan fingerprint density at radius 3 is 2.88 bits per heavy atom. The Bertz CT molecular complexity index is 275. The van der Waals surface area contributed by atoms with E-state index >= 15 is 0 Å². The van der Waals surface area contributed by atoms with E-state index in [2.05, 4.69) is 25.2 Å². The number of nitrogens with one attached hydrogen (secondary N) is 1. The van der Waals surface area contributed by atoms with Crippen LogP contribution in [0.1, 0.15) is 33.6 Å². The molecule has 0 fully saturated rings. The quantitative estimate of drug-likeness (QED) is 0.751. The summed E-state index contributed by atoms with van der Waals surface area (Å²) in [7, 11) is -0.711. The van der Waals surface area contributed by atoms with Crippen molar-refractivity contribution in [2.24, 2.45) is 11.8 Å². The van der Waals surface area contributed by atoms with Crippen molar-refractivity contribution in [3.63, 3.8) is 0 Å². The summed E-state index contributed by atoms with van der Waals surface area (Å²) < 4.78 is 11.2. The van der Waals surface area contributed by atoms with Crippen molar-refractivity contribution in [2.75, 3.05) is 19.3 Å². The van der Waals surface area contributed by atoms with E-state index in [0.717, 1.165) is 19.0 Å². The van der Waals surface area contributed by atoms with Crippen molar-refractivity contribution in [2.45, 2.75) is 38.9 Å². The van der Waals surface area contributed by atoms with E-state index in [1.807, 2.05) is 6.92 Å². The molecule has 0 aromatic heterocycles. The monoisotopic (exact) mass is 243 g/mol. The molecule has 16 heavy (non-hydrogen) atoms. The SMILES string of the molecule is CC1=CCC[C@H](C)[C@@H]1CNC[C@H](C)[S@](C)=O. The van der Waals surface area contributed by atoms with Gasteiger partial charge in [-0.05, 0) is 38.5 Å². The molecule has 0 bridgehead atoms. The highest BCUT2D eigenvalue weighted by Crippen LogP contribution is 2.29. The van der Waals surface area contributed by atoms with Gasteiger partial charge in [-0.15, -0.1) is 0 Å². The summed E-state index contributed by atoms with van der Waals surface area (Å²) in [5, 5.41) is 3.72. The largest absolute Gasteiger partial charge is 0.315 e. The molecule has 0 heterocycles. The lowest BCUT2D eigenvalue weighted by atomic mass is 9.80. The molecular weight excluding hydrogens is 218 g/mol. The Labute approximate surface area is 102 Å². The standard InChI is InChI=1S/C13H25NOS/c1-10-6-5-7-11(2)13(10)9-14-8-12(3)16(4)15/h6,11-14H,5,7-9H2,1-4H3/t11-,12-,13+,16-/m0/s1. The van der Waals surface area contributed by atoms with Crippen molar-refractivity contribution < 1.29 is 4.21 Å². The van der Waals surface area contributed by atoms with Crippen molar-refractivity contribution in [3.8, 4) is 0 Å². The molecule has 0 amide bonds. The summed E-state index contributed by atoms with van der Waals surface area (Å²) in [6, 6.07) is 0. The van der Waals surface area contributed by atoms with Gasteiger partial charge < -0.3 is 5.32 Å². The molecule has 1 rings (SSSR count). The van der Waals surface area contributed by atoms with Crippen LogP contribution in [0.3, 0.4) is 0 Å². The van der Waals surface area contributed by atoms with Crippen LogP contribution in [-0.4, -0.2) is 28.8 Å². The van der Waals surface area contributed by atoms with Gasteiger partial charge in [0.2, 0.25) is 0 Å². The lowest BCUT2D eigenvalue weighted by molar-refractivity contribution is 0.351. The first-order valence-corrected chi connectivity index (χ1v) is 7.84. The van der Waals surface area contributed by atoms with Crippen LogP contribution in [-0.2, 0) is 10.8 Å². The minimum Gasteiger partial charge on any atom is -0.315 e. The van der Waals surface area contributed by atoms with Gasteiger partial charge in [-0.1, -0.05) is 18.6 Å². The maximum Gasteiger partial charge on any atom is 0.0441 e. The molecule has 1 aliphatic rings. The zero-order valence-electron chi connectivity index (χ0n) is 11.0. The third kappa shape index (κ3) is 4.02. The highest BCUT2D eigenvalue weighted by molar-refractivity contribution is 7.84. The third-order valence-electron chi connectivity index (χ3n) is 3.72. The Hall–Kier alpha value is -0.150. The molecule has 0 aliphatic heterocycles. The second-order valence-corrected chi connectivity index (χ2v) is 6.88. The number of rotatable bonds is 5. The van der Waals surface area contributed by atoms with Crippen LogP contribution in [0.15, 0.2) is 11.6 Å². The van der Waals surface area contributed by atoms with Gasteiger partial charge in [0.25, 0.3) is 0 Å². The Kier molecular flexibility index (Phi) is 5.70. The molecule has 0 saturated carbocycles. The van der Waals surface area contributed by atoms with Crippen molar-refractivity contribution in [1.29, 1.82) is 0 Å². The highest BCUT2D eigenvalue weighted by atomic mass is 32.2. The van der Waals surface area contributed by atoms with Crippen molar-refractivity contribution >= 4 is 10.8 Å². The maximum atomic E-state index is 11.2. The number of hydrogen-bond donors (Lipinski definition) is 1. The first kappa shape index (κ1) is 13.9. The summed E-state index contributed by atoms with van der Waals surface area (Å²) in [6.45, 7) is 8.51. The first-order chi connectivity index (χ1) is 7.52. The van der Waals surface area contributed by atoms with Gasteiger partial charge in [0.05, 0.1) is 0 Å². The van der Waals surface area contributed by atoms with Crippen molar-refractivity contribution in [1.82, 2.24) is 5.32 Å². The molecule has 0 spiro atoms. The van der Waals surface area contributed by atoms with E-state index in [4.69, 9.17) is 0 Å². The molecule has 0 radical (unpaired) electrons. The highest BCUT2D eigenvalue weighted by Gasteiger charge is 2.21. The second kappa shape index (κ2) is 6.55. The topological polar surface area (TPSA) is 29.1 Å². The molecule has 0 unspecified atom stereocenters. The third-order valence-corrected chi connectivity index (χ3v) is 5.02. The normalized spacial score (nSPS) is 29.6. The Balaban J connectivity index is 2.34. The predicted octanol–water partition coefficient (Wildman–Crippen LogP) is 2.34. The van der Waals surface area contributed by atoms with Gasteiger partial charge in [-0.3, -0.25) is 4.21 Å². The summed E-state index contributed by atoms with van der Waals surface area (Å²) in [5.41, 5.74) is 1.52. The van der Waals surface area contributed by atoms with Crippen LogP contribution in [0.25, 0.3) is 0 Å². The summed E-state index contributed by atoms with van der Waals surface area (Å²) in [6.07, 6.45) is 6.69. The van der Waals surface area contributed by atoms with Crippen LogP contribution < -0.4 is 5.32 Å². The lowest BCUT2D eigenvalue weighted by Crippen LogP contribution is -2.34. The number of allylic oxidation sites excluding steroid dienone is 1. The smallest absolute Gasteiger partial charge is 0.0441 e. The van der Waals surface area contributed by atoms with E-state index in [1.165, 1.54) is 18.4 Å². The lowest BCUT2D eigenvalue weighted by Gasteiger charge is -2.29. The minimum atomic E-state index is -0.711. The molecule has 2 nitrogen and oxygen atoms in total. The van der Waals surface area contributed by atoms with Gasteiger partial charge in [-0.2, -0.15) is 0 Å². The molecule has 4 atom stereocenters. The molecule has 0 saturated heterocycles. The molecule has 3 heteroatoms. The zero-order valence-corrected chi connectivity index (χ0v) is 11.8. The molecule has 0 aromatic rings. The Morgan fingerprint density at radius 1 is 1.62 bits per heavy atom. The van der Waals surface area contributed by atoms with Gasteiger partial charge >= 0.3 is 0 Å². The van der Waals surface area contributed by atoms with Crippen LogP contribution in [0.5, 0.6) is 0 Å². The fourth-order valence-electron chi connectivity index (χ4n) is 2.30. The fourth-order valence-corrected chi connectivity index (χ4v) is 2.65. The second-order valence-electron chi connectivity index (χ2n) is 5.08. The van der Waals surface area contributed by atoms with Crippen molar-refractivity contribution in [3.05, 3.63) is 11.6 Å². The first-order valence-electron chi connectivity index (χ1n) is 6.22. The summed E-state index contributed by atoms with van der Waals surface area (Å²) in [5.74, 6) is 1.45. The van der Waals surface area contributed by atoms with E-state index in [-0.39, 0.29) is 5.25 Å². The van der Waals surface area contributed by atoms with E-state index in [9.17, 15) is 4.21 Å². The summed E-state index contributed by atoms with van der Waals surface area (Å²) in [4.78, 5) is 0. The number of hydrogen-bond acceptors (Lipinski definition) is 2. The maximum absolute atomic E-state index is 11.2. The fraction of sp³-hybridized carbons (Fsp3) is 0.846. The van der Waals surface area contributed by atoms with Crippen LogP contribution in [0.2, 0.25) is 0 Å². The minimum absolute atomic E-state index is 0.253. The van der Waals surface area contributed by atoms with Crippen LogP contribution in [0, 0.1) is 11.8 Å². The van der Waals surface area contributed by atoms with Gasteiger partial charge in [0.1, 0.15) is 0 Å². The van der Waals surface area contributed by atoms with E-state index < -0.39 is 10.8 Å². The molecule has 0 aromatic carbocycles. The van der Waals surface area contributed by atoms with Gasteiger partial charge in [0.15, 0.2) is 0 Å².